The first kappa shape index (κ1) is 16.8. The zero-order valence-corrected chi connectivity index (χ0v) is 10.7. The minimum atomic E-state index is -0.166. The van der Waals surface area contributed by atoms with Gasteiger partial charge in [-0.25, -0.2) is 0 Å². The van der Waals surface area contributed by atoms with Crippen LogP contribution in [0, 0.1) is 0 Å². The molecule has 0 heterocycles. The first-order chi connectivity index (χ1) is 7.24. The van der Waals surface area contributed by atoms with Crippen molar-refractivity contribution < 1.29 is 14.3 Å². The molecule has 15 heavy (non-hydrogen) atoms. The predicted molar refractivity (Wildman–Crippen MR) is 62.0 cm³/mol. The Bertz CT molecular complexity index is 140. The second-order valence-corrected chi connectivity index (χ2v) is 2.67. The average molecular weight is 219 g/mol. The van der Waals surface area contributed by atoms with Crippen LogP contribution in [0.25, 0.3) is 0 Å². The summed E-state index contributed by atoms with van der Waals surface area (Å²) in [7, 11) is 1.65. The molecule has 0 aromatic heterocycles. The monoisotopic (exact) mass is 219 g/mol. The van der Waals surface area contributed by atoms with E-state index in [1.54, 1.807) is 7.11 Å². The number of carbonyl (C=O) groups excluding carboxylic acids is 1. The van der Waals surface area contributed by atoms with E-state index in [9.17, 15) is 4.79 Å². The molecule has 0 atom stereocenters. The number of methoxy groups -OCH3 is 1. The maximum Gasteiger partial charge on any atom is 0.320 e. The van der Waals surface area contributed by atoms with Crippen molar-refractivity contribution in [3.05, 3.63) is 0 Å². The van der Waals surface area contributed by atoms with Crippen LogP contribution in [0.15, 0.2) is 0 Å². The molecule has 0 saturated carbocycles. The maximum atomic E-state index is 11.1. The number of likely N-dealkylation sites (N-methyl/N-ethyl adjacent to an activating group) is 1. The molecule has 92 valence electrons. The molecule has 0 amide bonds. The van der Waals surface area contributed by atoms with Gasteiger partial charge in [-0.05, 0) is 13.5 Å². The topological polar surface area (TPSA) is 38.8 Å². The zero-order valence-electron chi connectivity index (χ0n) is 10.7. The number of nitrogens with zero attached hydrogens (tertiary/aromatic N) is 1. The lowest BCUT2D eigenvalue weighted by Gasteiger charge is -2.18. The van der Waals surface area contributed by atoms with Crippen molar-refractivity contribution in [2.75, 3.05) is 40.0 Å². The van der Waals surface area contributed by atoms with Crippen LogP contribution in [0.1, 0.15) is 27.7 Å². The quantitative estimate of drug-likeness (QED) is 0.609. The highest BCUT2D eigenvalue weighted by Crippen LogP contribution is 1.89. The van der Waals surface area contributed by atoms with Gasteiger partial charge in [0, 0.05) is 13.7 Å². The van der Waals surface area contributed by atoms with Crippen LogP contribution < -0.4 is 0 Å². The molecule has 0 aromatic rings. The fourth-order valence-electron chi connectivity index (χ4n) is 0.959. The van der Waals surface area contributed by atoms with E-state index in [1.807, 2.05) is 32.6 Å². The summed E-state index contributed by atoms with van der Waals surface area (Å²) in [6, 6.07) is 0. The van der Waals surface area contributed by atoms with E-state index in [2.05, 4.69) is 0 Å². The van der Waals surface area contributed by atoms with Gasteiger partial charge in [-0.15, -0.1) is 0 Å². The van der Waals surface area contributed by atoms with E-state index in [-0.39, 0.29) is 5.97 Å². The molecule has 0 spiro atoms. The molecule has 0 unspecified atom stereocenters. The Hall–Kier alpha value is -0.610. The number of rotatable bonds is 7. The van der Waals surface area contributed by atoms with Gasteiger partial charge < -0.3 is 9.47 Å². The van der Waals surface area contributed by atoms with Gasteiger partial charge in [0.05, 0.1) is 19.8 Å². The first-order valence-corrected chi connectivity index (χ1v) is 5.61. The summed E-state index contributed by atoms with van der Waals surface area (Å²) in [4.78, 5) is 13.1. The lowest BCUT2D eigenvalue weighted by atomic mass is 10.4. The van der Waals surface area contributed by atoms with Gasteiger partial charge in [-0.1, -0.05) is 20.8 Å². The molecule has 0 N–H and O–H groups in total. The molecule has 0 aliphatic heterocycles. The van der Waals surface area contributed by atoms with Gasteiger partial charge in [0.1, 0.15) is 0 Å². The standard InChI is InChI=1S/C9H19NO3.C2H6/c1-4-10(6-7-12-3)8-9(11)13-5-2;1-2/h4-8H2,1-3H3;1-2H3. The zero-order chi connectivity index (χ0) is 12.1. The highest BCUT2D eigenvalue weighted by atomic mass is 16.5. The molecular formula is C11H25NO3. The molecule has 0 rings (SSSR count). The fourth-order valence-corrected chi connectivity index (χ4v) is 0.959. The summed E-state index contributed by atoms with van der Waals surface area (Å²) < 4.78 is 9.75. The Kier molecular flexibility index (Phi) is 15.0. The molecule has 0 aromatic carbocycles. The normalized spacial score (nSPS) is 9.47. The van der Waals surface area contributed by atoms with Crippen molar-refractivity contribution in [2.24, 2.45) is 0 Å². The van der Waals surface area contributed by atoms with Gasteiger partial charge in [-0.2, -0.15) is 0 Å². The number of esters is 1. The SMILES string of the molecule is CC.CCOC(=O)CN(CC)CCOC. The van der Waals surface area contributed by atoms with Gasteiger partial charge in [0.25, 0.3) is 0 Å². The van der Waals surface area contributed by atoms with Crippen LogP contribution in [0.3, 0.4) is 0 Å². The number of hydrogen-bond acceptors (Lipinski definition) is 4. The maximum absolute atomic E-state index is 11.1. The number of hydrogen-bond donors (Lipinski definition) is 0. The molecule has 0 radical (unpaired) electrons. The summed E-state index contributed by atoms with van der Waals surface area (Å²) >= 11 is 0. The Morgan fingerprint density at radius 2 is 1.87 bits per heavy atom. The smallest absolute Gasteiger partial charge is 0.320 e. The van der Waals surface area contributed by atoms with Crippen LogP contribution in [-0.2, 0) is 14.3 Å². The second kappa shape index (κ2) is 13.4. The van der Waals surface area contributed by atoms with E-state index in [4.69, 9.17) is 9.47 Å². The third-order valence-electron chi connectivity index (χ3n) is 1.72. The predicted octanol–water partition coefficient (Wildman–Crippen LogP) is 1.54. The van der Waals surface area contributed by atoms with Crippen molar-refractivity contribution in [1.82, 2.24) is 4.90 Å². The Morgan fingerprint density at radius 3 is 2.27 bits per heavy atom. The molecule has 0 aliphatic rings. The Morgan fingerprint density at radius 1 is 1.27 bits per heavy atom. The van der Waals surface area contributed by atoms with E-state index in [1.165, 1.54) is 0 Å². The molecule has 4 heteroatoms. The Labute approximate surface area is 93.5 Å². The van der Waals surface area contributed by atoms with Gasteiger partial charge in [0.2, 0.25) is 0 Å². The number of ether oxygens (including phenoxy) is 2. The van der Waals surface area contributed by atoms with Crippen LogP contribution in [0.2, 0.25) is 0 Å². The van der Waals surface area contributed by atoms with Crippen molar-refractivity contribution in [2.45, 2.75) is 27.7 Å². The lowest BCUT2D eigenvalue weighted by molar-refractivity contribution is -0.144. The first-order valence-electron chi connectivity index (χ1n) is 5.61. The summed E-state index contributed by atoms with van der Waals surface area (Å²) in [6.07, 6.45) is 0. The van der Waals surface area contributed by atoms with E-state index < -0.39 is 0 Å². The lowest BCUT2D eigenvalue weighted by Crippen LogP contribution is -2.33. The highest BCUT2D eigenvalue weighted by molar-refractivity contribution is 5.71. The summed E-state index contributed by atoms with van der Waals surface area (Å²) in [5.74, 6) is -0.166. The van der Waals surface area contributed by atoms with E-state index in [0.717, 1.165) is 13.1 Å². The van der Waals surface area contributed by atoms with Gasteiger partial charge in [0.15, 0.2) is 0 Å². The van der Waals surface area contributed by atoms with Crippen LogP contribution >= 0.6 is 0 Å². The summed E-state index contributed by atoms with van der Waals surface area (Å²) in [5.41, 5.74) is 0. The average Bonchev–Trinajstić information content (AvgIpc) is 2.27. The third-order valence-corrected chi connectivity index (χ3v) is 1.72. The molecular weight excluding hydrogens is 194 g/mol. The van der Waals surface area contributed by atoms with E-state index in [0.29, 0.717) is 19.8 Å². The van der Waals surface area contributed by atoms with Crippen molar-refractivity contribution in [1.29, 1.82) is 0 Å². The van der Waals surface area contributed by atoms with Gasteiger partial charge in [-0.3, -0.25) is 9.69 Å². The molecule has 0 saturated heterocycles. The number of carbonyl (C=O) groups is 1. The minimum absolute atomic E-state index is 0.166. The third kappa shape index (κ3) is 11.3. The highest BCUT2D eigenvalue weighted by Gasteiger charge is 2.08. The largest absolute Gasteiger partial charge is 0.465 e. The van der Waals surface area contributed by atoms with Crippen LogP contribution in [-0.4, -0.2) is 50.8 Å². The summed E-state index contributed by atoms with van der Waals surface area (Å²) in [6.45, 7) is 10.9. The van der Waals surface area contributed by atoms with Gasteiger partial charge >= 0.3 is 5.97 Å². The van der Waals surface area contributed by atoms with E-state index >= 15 is 0 Å². The van der Waals surface area contributed by atoms with Crippen molar-refractivity contribution >= 4 is 5.97 Å². The minimum Gasteiger partial charge on any atom is -0.465 e. The summed E-state index contributed by atoms with van der Waals surface area (Å²) in [5, 5.41) is 0. The molecule has 4 nitrogen and oxygen atoms in total. The molecule has 0 bridgehead atoms. The Balaban J connectivity index is 0. The van der Waals surface area contributed by atoms with Crippen LogP contribution in [0.4, 0.5) is 0 Å². The fraction of sp³-hybridized carbons (Fsp3) is 0.909. The van der Waals surface area contributed by atoms with Crippen molar-refractivity contribution in [3.8, 4) is 0 Å². The van der Waals surface area contributed by atoms with Crippen LogP contribution in [0.5, 0.6) is 0 Å². The molecule has 0 fully saturated rings. The second-order valence-electron chi connectivity index (χ2n) is 2.67. The van der Waals surface area contributed by atoms with Crippen molar-refractivity contribution in [3.63, 3.8) is 0 Å². The molecule has 0 aliphatic carbocycles.